The lowest BCUT2D eigenvalue weighted by atomic mass is 9.92. The summed E-state index contributed by atoms with van der Waals surface area (Å²) in [6, 6.07) is 0.662. The number of carbonyl (C=O) groups excluding carboxylic acids is 1. The first-order chi connectivity index (χ1) is 8.20. The third-order valence-corrected chi connectivity index (χ3v) is 4.26. The van der Waals surface area contributed by atoms with Gasteiger partial charge in [-0.05, 0) is 19.3 Å². The fourth-order valence-electron chi connectivity index (χ4n) is 1.84. The van der Waals surface area contributed by atoms with Crippen molar-refractivity contribution in [2.24, 2.45) is 0 Å². The Morgan fingerprint density at radius 1 is 1.65 bits per heavy atom. The van der Waals surface area contributed by atoms with Crippen LogP contribution >= 0.6 is 11.3 Å². The van der Waals surface area contributed by atoms with E-state index in [0.29, 0.717) is 18.9 Å². The van der Waals surface area contributed by atoms with Crippen LogP contribution in [-0.4, -0.2) is 31.2 Å². The van der Waals surface area contributed by atoms with Crippen LogP contribution < -0.4 is 4.90 Å². The highest BCUT2D eigenvalue weighted by atomic mass is 32.1. The number of ether oxygens (including phenoxy) is 1. The lowest BCUT2D eigenvalue weighted by molar-refractivity contribution is -0.140. The molecule has 1 aromatic heterocycles. The van der Waals surface area contributed by atoms with Gasteiger partial charge in [0.1, 0.15) is 0 Å². The fourth-order valence-corrected chi connectivity index (χ4v) is 2.73. The number of aryl methyl sites for hydroxylation is 1. The molecule has 0 amide bonds. The largest absolute Gasteiger partial charge is 0.469 e. The molecule has 0 unspecified atom stereocenters. The van der Waals surface area contributed by atoms with Crippen molar-refractivity contribution in [1.29, 1.82) is 0 Å². The smallest absolute Gasteiger partial charge is 0.305 e. The predicted octanol–water partition coefficient (Wildman–Crippen LogP) is 2.24. The van der Waals surface area contributed by atoms with Crippen LogP contribution in [0.3, 0.4) is 0 Å². The Bertz CT molecular complexity index is 388. The highest BCUT2D eigenvalue weighted by molar-refractivity contribution is 7.13. The molecule has 1 heterocycles. The number of methoxy groups -OCH3 is 1. The number of anilines is 1. The molecule has 1 fully saturated rings. The zero-order chi connectivity index (χ0) is 12.3. The molecule has 5 heteroatoms. The van der Waals surface area contributed by atoms with E-state index in [4.69, 9.17) is 0 Å². The zero-order valence-corrected chi connectivity index (χ0v) is 11.1. The van der Waals surface area contributed by atoms with Gasteiger partial charge >= 0.3 is 5.97 Å². The summed E-state index contributed by atoms with van der Waals surface area (Å²) in [7, 11) is 3.52. The van der Waals surface area contributed by atoms with E-state index in [1.54, 1.807) is 11.3 Å². The number of hydrogen-bond donors (Lipinski definition) is 0. The summed E-state index contributed by atoms with van der Waals surface area (Å²) in [5, 5.41) is 3.10. The van der Waals surface area contributed by atoms with Crippen LogP contribution in [0.4, 0.5) is 5.13 Å². The number of esters is 1. The molecule has 1 aliphatic carbocycles. The topological polar surface area (TPSA) is 42.4 Å². The molecule has 1 aromatic rings. The molecular formula is C12H18N2O2S. The maximum atomic E-state index is 11.0. The van der Waals surface area contributed by atoms with Gasteiger partial charge in [-0.3, -0.25) is 4.79 Å². The van der Waals surface area contributed by atoms with Gasteiger partial charge in [0, 0.05) is 24.9 Å². The minimum atomic E-state index is -0.174. The average molecular weight is 254 g/mol. The Hall–Kier alpha value is -1.10. The van der Waals surface area contributed by atoms with Crippen molar-refractivity contribution in [3.8, 4) is 0 Å². The maximum Gasteiger partial charge on any atom is 0.305 e. The lowest BCUT2D eigenvalue weighted by Crippen LogP contribution is -2.37. The van der Waals surface area contributed by atoms with Gasteiger partial charge in [0.15, 0.2) is 5.13 Å². The van der Waals surface area contributed by atoms with E-state index in [9.17, 15) is 4.79 Å². The summed E-state index contributed by atoms with van der Waals surface area (Å²) in [6.45, 7) is 0. The van der Waals surface area contributed by atoms with Crippen LogP contribution in [-0.2, 0) is 16.0 Å². The summed E-state index contributed by atoms with van der Waals surface area (Å²) in [6.07, 6.45) is 4.95. The van der Waals surface area contributed by atoms with E-state index in [0.717, 1.165) is 10.8 Å². The van der Waals surface area contributed by atoms with Gasteiger partial charge in [0.2, 0.25) is 0 Å². The Morgan fingerprint density at radius 2 is 2.41 bits per heavy atom. The zero-order valence-electron chi connectivity index (χ0n) is 10.3. The molecule has 4 nitrogen and oxygen atoms in total. The van der Waals surface area contributed by atoms with Crippen molar-refractivity contribution in [2.45, 2.75) is 38.1 Å². The van der Waals surface area contributed by atoms with E-state index in [1.165, 1.54) is 26.4 Å². The first-order valence-electron chi connectivity index (χ1n) is 5.94. The molecule has 0 aliphatic heterocycles. The number of nitrogens with zero attached hydrogens (tertiary/aromatic N) is 2. The van der Waals surface area contributed by atoms with Gasteiger partial charge in [0.25, 0.3) is 0 Å². The van der Waals surface area contributed by atoms with Crippen molar-refractivity contribution in [3.05, 3.63) is 11.1 Å². The minimum Gasteiger partial charge on any atom is -0.469 e. The Balaban J connectivity index is 1.88. The fraction of sp³-hybridized carbons (Fsp3) is 0.667. The monoisotopic (exact) mass is 254 g/mol. The summed E-state index contributed by atoms with van der Waals surface area (Å²) in [5.41, 5.74) is 0.988. The Labute approximate surface area is 106 Å². The SMILES string of the molecule is COC(=O)CCc1csc(N(C)C2CCC2)n1. The second-order valence-electron chi connectivity index (χ2n) is 4.39. The minimum absolute atomic E-state index is 0.174. The van der Waals surface area contributed by atoms with Gasteiger partial charge in [-0.25, -0.2) is 4.98 Å². The van der Waals surface area contributed by atoms with Crippen LogP contribution in [0.15, 0.2) is 5.38 Å². The number of aromatic nitrogens is 1. The van der Waals surface area contributed by atoms with E-state index < -0.39 is 0 Å². The van der Waals surface area contributed by atoms with Gasteiger partial charge in [0.05, 0.1) is 19.2 Å². The number of rotatable bonds is 5. The standard InChI is InChI=1S/C12H18N2O2S/c1-14(10-4-3-5-10)12-13-9(8-17-12)6-7-11(15)16-2/h8,10H,3-7H2,1-2H3. The summed E-state index contributed by atoms with van der Waals surface area (Å²) in [5.74, 6) is -0.174. The molecule has 94 valence electrons. The van der Waals surface area contributed by atoms with Crippen molar-refractivity contribution in [1.82, 2.24) is 4.98 Å². The Morgan fingerprint density at radius 3 is 3.00 bits per heavy atom. The van der Waals surface area contributed by atoms with E-state index in [1.807, 2.05) is 5.38 Å². The van der Waals surface area contributed by atoms with E-state index in [2.05, 4.69) is 21.7 Å². The van der Waals surface area contributed by atoms with Crippen molar-refractivity contribution >= 4 is 22.4 Å². The third-order valence-electron chi connectivity index (χ3n) is 3.28. The number of carbonyl (C=O) groups is 1. The molecule has 17 heavy (non-hydrogen) atoms. The van der Waals surface area contributed by atoms with Crippen LogP contribution in [0.2, 0.25) is 0 Å². The third kappa shape index (κ3) is 2.97. The van der Waals surface area contributed by atoms with Crippen molar-refractivity contribution in [2.75, 3.05) is 19.1 Å². The van der Waals surface area contributed by atoms with Gasteiger partial charge in [-0.15, -0.1) is 11.3 Å². The first-order valence-corrected chi connectivity index (χ1v) is 6.82. The lowest BCUT2D eigenvalue weighted by Gasteiger charge is -2.34. The highest BCUT2D eigenvalue weighted by Crippen LogP contribution is 2.30. The van der Waals surface area contributed by atoms with Gasteiger partial charge < -0.3 is 9.64 Å². The summed E-state index contributed by atoms with van der Waals surface area (Å²) >= 11 is 1.66. The molecule has 0 spiro atoms. The Kier molecular flexibility index (Phi) is 3.99. The second-order valence-corrected chi connectivity index (χ2v) is 5.23. The van der Waals surface area contributed by atoms with Crippen LogP contribution in [0.1, 0.15) is 31.4 Å². The number of hydrogen-bond acceptors (Lipinski definition) is 5. The molecule has 1 aliphatic rings. The van der Waals surface area contributed by atoms with E-state index in [-0.39, 0.29) is 5.97 Å². The van der Waals surface area contributed by atoms with Gasteiger partial charge in [-0.1, -0.05) is 0 Å². The van der Waals surface area contributed by atoms with Crippen molar-refractivity contribution in [3.63, 3.8) is 0 Å². The molecular weight excluding hydrogens is 236 g/mol. The maximum absolute atomic E-state index is 11.0. The summed E-state index contributed by atoms with van der Waals surface area (Å²) < 4.78 is 4.62. The van der Waals surface area contributed by atoms with Crippen LogP contribution in [0, 0.1) is 0 Å². The molecule has 0 N–H and O–H groups in total. The normalized spacial score (nSPS) is 15.4. The highest BCUT2D eigenvalue weighted by Gasteiger charge is 2.23. The predicted molar refractivity (Wildman–Crippen MR) is 68.5 cm³/mol. The molecule has 0 radical (unpaired) electrons. The molecule has 0 aromatic carbocycles. The molecule has 1 saturated carbocycles. The quantitative estimate of drug-likeness (QED) is 0.756. The van der Waals surface area contributed by atoms with Crippen LogP contribution in [0.25, 0.3) is 0 Å². The molecule has 0 atom stereocenters. The summed E-state index contributed by atoms with van der Waals surface area (Å²) in [4.78, 5) is 17.8. The number of thiazole rings is 1. The average Bonchev–Trinajstić information content (AvgIpc) is 2.72. The molecule has 0 bridgehead atoms. The second kappa shape index (κ2) is 5.49. The first kappa shape index (κ1) is 12.4. The van der Waals surface area contributed by atoms with E-state index >= 15 is 0 Å². The molecule has 0 saturated heterocycles. The van der Waals surface area contributed by atoms with Gasteiger partial charge in [-0.2, -0.15) is 0 Å². The van der Waals surface area contributed by atoms with Crippen LogP contribution in [0.5, 0.6) is 0 Å². The van der Waals surface area contributed by atoms with Crippen molar-refractivity contribution < 1.29 is 9.53 Å². The molecule has 2 rings (SSSR count).